The summed E-state index contributed by atoms with van der Waals surface area (Å²) in [7, 11) is 0. The highest BCUT2D eigenvalue weighted by molar-refractivity contribution is 6.04. The van der Waals surface area contributed by atoms with Gasteiger partial charge in [-0.1, -0.05) is 17.7 Å². The van der Waals surface area contributed by atoms with E-state index < -0.39 is 11.7 Å². The van der Waals surface area contributed by atoms with Gasteiger partial charge in [0.2, 0.25) is 0 Å². The monoisotopic (exact) mass is 245 g/mol. The summed E-state index contributed by atoms with van der Waals surface area (Å²) in [6.07, 6.45) is 0. The van der Waals surface area contributed by atoms with Crippen molar-refractivity contribution in [2.45, 2.75) is 6.92 Å². The number of benzene rings is 2. The molecule has 0 aliphatic rings. The Hall–Kier alpha value is -2.36. The lowest BCUT2D eigenvalue weighted by atomic mass is 10.1. The zero-order valence-corrected chi connectivity index (χ0v) is 9.77. The Morgan fingerprint density at radius 2 is 2.00 bits per heavy atom. The van der Waals surface area contributed by atoms with E-state index in [-0.39, 0.29) is 11.3 Å². The maximum atomic E-state index is 13.5. The zero-order chi connectivity index (χ0) is 13.1. The van der Waals surface area contributed by atoms with Crippen LogP contribution in [0.3, 0.4) is 0 Å². The van der Waals surface area contributed by atoms with Gasteiger partial charge in [-0.05, 0) is 31.2 Å². The lowest BCUT2D eigenvalue weighted by molar-refractivity contribution is 0.102. The molecule has 0 bridgehead atoms. The van der Waals surface area contributed by atoms with Gasteiger partial charge >= 0.3 is 0 Å². The molecule has 0 spiro atoms. The van der Waals surface area contributed by atoms with Crippen LogP contribution in [0, 0.1) is 12.7 Å². The van der Waals surface area contributed by atoms with Crippen LogP contribution in [0.25, 0.3) is 0 Å². The Bertz CT molecular complexity index is 596. The molecule has 2 aromatic carbocycles. The summed E-state index contributed by atoms with van der Waals surface area (Å²) in [6, 6.07) is 10.4. The smallest absolute Gasteiger partial charge is 0.258 e. The first-order chi connectivity index (χ1) is 8.56. The van der Waals surface area contributed by atoms with Crippen LogP contribution in [-0.4, -0.2) is 11.0 Å². The third kappa shape index (κ3) is 2.66. The first-order valence-corrected chi connectivity index (χ1v) is 5.43. The third-order valence-corrected chi connectivity index (χ3v) is 2.47. The molecule has 2 rings (SSSR count). The molecule has 0 unspecified atom stereocenters. The molecular formula is C14H12FNO2. The average Bonchev–Trinajstić information content (AvgIpc) is 2.32. The largest absolute Gasteiger partial charge is 0.508 e. The Kier molecular flexibility index (Phi) is 3.28. The van der Waals surface area contributed by atoms with Gasteiger partial charge in [-0.2, -0.15) is 0 Å². The van der Waals surface area contributed by atoms with Crippen LogP contribution < -0.4 is 5.32 Å². The van der Waals surface area contributed by atoms with Crippen LogP contribution in [-0.2, 0) is 0 Å². The predicted octanol–water partition coefficient (Wildman–Crippen LogP) is 3.09. The van der Waals surface area contributed by atoms with Gasteiger partial charge in [0.15, 0.2) is 0 Å². The fourth-order valence-corrected chi connectivity index (χ4v) is 1.60. The van der Waals surface area contributed by atoms with Crippen molar-refractivity contribution in [3.05, 3.63) is 59.4 Å². The van der Waals surface area contributed by atoms with E-state index in [0.717, 1.165) is 5.56 Å². The number of phenols is 1. The van der Waals surface area contributed by atoms with Crippen molar-refractivity contribution in [1.82, 2.24) is 0 Å². The third-order valence-electron chi connectivity index (χ3n) is 2.47. The van der Waals surface area contributed by atoms with E-state index in [1.54, 1.807) is 25.1 Å². The van der Waals surface area contributed by atoms with Gasteiger partial charge < -0.3 is 10.4 Å². The van der Waals surface area contributed by atoms with Crippen LogP contribution in [0.2, 0.25) is 0 Å². The number of halogens is 1. The topological polar surface area (TPSA) is 49.3 Å². The molecule has 2 N–H and O–H groups in total. The van der Waals surface area contributed by atoms with Gasteiger partial charge in [0.25, 0.3) is 5.91 Å². The van der Waals surface area contributed by atoms with Gasteiger partial charge in [-0.25, -0.2) is 4.39 Å². The summed E-state index contributed by atoms with van der Waals surface area (Å²) in [4.78, 5) is 11.9. The van der Waals surface area contributed by atoms with Crippen molar-refractivity contribution in [2.24, 2.45) is 0 Å². The normalized spacial score (nSPS) is 10.1. The molecule has 92 valence electrons. The molecule has 0 saturated carbocycles. The van der Waals surface area contributed by atoms with Crippen molar-refractivity contribution in [2.75, 3.05) is 5.32 Å². The maximum absolute atomic E-state index is 13.5. The fourth-order valence-electron chi connectivity index (χ4n) is 1.60. The molecule has 0 aliphatic carbocycles. The quantitative estimate of drug-likeness (QED) is 0.854. The zero-order valence-electron chi connectivity index (χ0n) is 9.77. The predicted molar refractivity (Wildman–Crippen MR) is 67.2 cm³/mol. The van der Waals surface area contributed by atoms with E-state index in [9.17, 15) is 14.3 Å². The molecule has 4 heteroatoms. The number of nitrogens with one attached hydrogen (secondary N) is 1. The number of rotatable bonds is 2. The molecular weight excluding hydrogens is 233 g/mol. The molecule has 0 aromatic heterocycles. The first kappa shape index (κ1) is 12.1. The average molecular weight is 245 g/mol. The van der Waals surface area contributed by atoms with E-state index in [0.29, 0.717) is 5.69 Å². The lowest BCUT2D eigenvalue weighted by Crippen LogP contribution is -2.13. The second-order valence-electron chi connectivity index (χ2n) is 3.99. The summed E-state index contributed by atoms with van der Waals surface area (Å²) in [5.74, 6) is -1.07. The number of aryl methyl sites for hydroxylation is 1. The Morgan fingerprint density at radius 1 is 1.22 bits per heavy atom. The molecule has 0 aliphatic heterocycles. The second kappa shape index (κ2) is 4.87. The SMILES string of the molecule is Cc1ccc(F)c(C(=O)Nc2cccc(O)c2)c1. The number of phenolic OH excluding ortho intramolecular Hbond substituents is 1. The second-order valence-corrected chi connectivity index (χ2v) is 3.99. The number of amides is 1. The first-order valence-electron chi connectivity index (χ1n) is 5.43. The fraction of sp³-hybridized carbons (Fsp3) is 0.0714. The minimum absolute atomic E-state index is 0.0154. The van der Waals surface area contributed by atoms with Crippen LogP contribution in [0.15, 0.2) is 42.5 Å². The van der Waals surface area contributed by atoms with Gasteiger partial charge in [0, 0.05) is 11.8 Å². The summed E-state index contributed by atoms with van der Waals surface area (Å²) < 4.78 is 13.5. The number of aromatic hydroxyl groups is 1. The highest BCUT2D eigenvalue weighted by atomic mass is 19.1. The highest BCUT2D eigenvalue weighted by Gasteiger charge is 2.12. The number of carbonyl (C=O) groups excluding carboxylic acids is 1. The molecule has 3 nitrogen and oxygen atoms in total. The Balaban J connectivity index is 2.24. The van der Waals surface area contributed by atoms with Gasteiger partial charge in [-0.15, -0.1) is 0 Å². The number of hydrogen-bond donors (Lipinski definition) is 2. The van der Waals surface area contributed by atoms with Crippen molar-refractivity contribution in [1.29, 1.82) is 0 Å². The van der Waals surface area contributed by atoms with E-state index >= 15 is 0 Å². The Morgan fingerprint density at radius 3 is 2.72 bits per heavy atom. The number of anilines is 1. The number of hydrogen-bond acceptors (Lipinski definition) is 2. The summed E-state index contributed by atoms with van der Waals surface area (Å²) >= 11 is 0. The van der Waals surface area contributed by atoms with Crippen LogP contribution in [0.4, 0.5) is 10.1 Å². The van der Waals surface area contributed by atoms with Gasteiger partial charge in [0.1, 0.15) is 11.6 Å². The van der Waals surface area contributed by atoms with E-state index in [2.05, 4.69) is 5.32 Å². The molecule has 18 heavy (non-hydrogen) atoms. The molecule has 0 heterocycles. The van der Waals surface area contributed by atoms with Gasteiger partial charge in [0.05, 0.1) is 5.56 Å². The molecule has 0 saturated heterocycles. The summed E-state index contributed by atoms with van der Waals surface area (Å²) in [5.41, 5.74) is 1.21. The minimum Gasteiger partial charge on any atom is -0.508 e. The minimum atomic E-state index is -0.571. The summed E-state index contributed by atoms with van der Waals surface area (Å²) in [6.45, 7) is 1.78. The molecule has 1 amide bonds. The van der Waals surface area contributed by atoms with Crippen LogP contribution in [0.1, 0.15) is 15.9 Å². The molecule has 0 atom stereocenters. The maximum Gasteiger partial charge on any atom is 0.258 e. The van der Waals surface area contributed by atoms with E-state index in [4.69, 9.17) is 0 Å². The van der Waals surface area contributed by atoms with Crippen molar-refractivity contribution in [3.8, 4) is 5.75 Å². The van der Waals surface area contributed by atoms with Crippen LogP contribution in [0.5, 0.6) is 5.75 Å². The van der Waals surface area contributed by atoms with Crippen molar-refractivity contribution in [3.63, 3.8) is 0 Å². The van der Waals surface area contributed by atoms with Crippen molar-refractivity contribution >= 4 is 11.6 Å². The van der Waals surface area contributed by atoms with E-state index in [1.807, 2.05) is 0 Å². The Labute approximate surface area is 104 Å². The number of carbonyl (C=O) groups is 1. The van der Waals surface area contributed by atoms with Crippen molar-refractivity contribution < 1.29 is 14.3 Å². The molecule has 0 fully saturated rings. The molecule has 2 aromatic rings. The molecule has 0 radical (unpaired) electrons. The standard InChI is InChI=1S/C14H12FNO2/c1-9-5-6-13(15)12(7-9)14(18)16-10-3-2-4-11(17)8-10/h2-8,17H,1H3,(H,16,18). The summed E-state index contributed by atoms with van der Waals surface area (Å²) in [5, 5.41) is 11.8. The highest BCUT2D eigenvalue weighted by Crippen LogP contribution is 2.17. The van der Waals surface area contributed by atoms with Gasteiger partial charge in [-0.3, -0.25) is 4.79 Å². The van der Waals surface area contributed by atoms with Crippen LogP contribution >= 0.6 is 0 Å². The van der Waals surface area contributed by atoms with E-state index in [1.165, 1.54) is 24.3 Å². The lowest BCUT2D eigenvalue weighted by Gasteiger charge is -2.07.